The average molecular weight is 322 g/mol. The molecule has 0 aliphatic heterocycles. The van der Waals surface area contributed by atoms with E-state index in [0.717, 1.165) is 11.3 Å². The number of rotatable bonds is 6. The highest BCUT2D eigenvalue weighted by atomic mass is 16.5. The van der Waals surface area contributed by atoms with Gasteiger partial charge in [-0.3, -0.25) is 9.89 Å². The third kappa shape index (κ3) is 3.60. The summed E-state index contributed by atoms with van der Waals surface area (Å²) in [5.41, 5.74) is 1.31. The van der Waals surface area contributed by atoms with Crippen molar-refractivity contribution >= 4 is 5.91 Å². The van der Waals surface area contributed by atoms with Gasteiger partial charge in [0, 0.05) is 12.6 Å². The van der Waals surface area contributed by atoms with Gasteiger partial charge in [-0.1, -0.05) is 36.4 Å². The van der Waals surface area contributed by atoms with Crippen molar-refractivity contribution in [2.24, 2.45) is 0 Å². The highest BCUT2D eigenvalue weighted by molar-refractivity contribution is 5.99. The largest absolute Gasteiger partial charge is 0.492 e. The third-order valence-electron chi connectivity index (χ3n) is 3.61. The minimum Gasteiger partial charge on any atom is -0.492 e. The number of amides is 1. The van der Waals surface area contributed by atoms with Crippen LogP contribution in [0.5, 0.6) is 5.75 Å². The summed E-state index contributed by atoms with van der Waals surface area (Å²) in [6.45, 7) is 0.912. The summed E-state index contributed by atoms with van der Waals surface area (Å²) >= 11 is 0. The number of aromatic amines is 1. The lowest BCUT2D eigenvalue weighted by atomic mass is 10.1. The Balaban J connectivity index is 1.66. The number of benzene rings is 2. The first-order chi connectivity index (χ1) is 11.8. The smallest absolute Gasteiger partial charge is 0.254 e. The second-order valence-electron chi connectivity index (χ2n) is 5.27. The second kappa shape index (κ2) is 7.41. The molecule has 1 heterocycles. The van der Waals surface area contributed by atoms with Crippen molar-refractivity contribution < 1.29 is 9.53 Å². The number of likely N-dealkylation sites (N-methyl/N-ethyl adjacent to an activating group) is 1. The summed E-state index contributed by atoms with van der Waals surface area (Å²) in [5, 5.41) is 6.64. The Hall–Kier alpha value is -3.15. The first-order valence-electron chi connectivity index (χ1n) is 7.64. The average Bonchev–Trinajstić information content (AvgIpc) is 3.16. The molecule has 0 spiro atoms. The number of hydrogen-bond donors (Lipinski definition) is 1. The number of ether oxygens (including phenoxy) is 1. The van der Waals surface area contributed by atoms with Gasteiger partial charge < -0.3 is 9.64 Å². The molecule has 122 valence electrons. The molecular weight excluding hydrogens is 304 g/mol. The molecule has 3 aromatic rings. The zero-order valence-corrected chi connectivity index (χ0v) is 13.3. The standard InChI is InChI=1S/C18H18N4O2/c1-22(11-12-24-14-7-3-2-4-8-14)18(23)16-10-6-5-9-15(16)17-19-13-20-21-17/h2-10,13H,11-12H2,1H3,(H,19,20,21). The molecule has 24 heavy (non-hydrogen) atoms. The van der Waals surface area contributed by atoms with Crippen molar-refractivity contribution in [3.05, 3.63) is 66.5 Å². The Bertz CT molecular complexity index is 788. The van der Waals surface area contributed by atoms with E-state index in [1.807, 2.05) is 48.5 Å². The van der Waals surface area contributed by atoms with Gasteiger partial charge in [0.1, 0.15) is 18.7 Å². The first kappa shape index (κ1) is 15.7. The molecule has 6 heteroatoms. The Labute approximate surface area is 140 Å². The molecular formula is C18H18N4O2. The highest BCUT2D eigenvalue weighted by Gasteiger charge is 2.17. The fourth-order valence-electron chi connectivity index (χ4n) is 2.34. The Morgan fingerprint density at radius 1 is 1.12 bits per heavy atom. The number of para-hydroxylation sites is 1. The van der Waals surface area contributed by atoms with Crippen molar-refractivity contribution in [2.45, 2.75) is 0 Å². The van der Waals surface area contributed by atoms with Gasteiger partial charge in [0.15, 0.2) is 5.82 Å². The molecule has 0 saturated heterocycles. The highest BCUT2D eigenvalue weighted by Crippen LogP contribution is 2.20. The van der Waals surface area contributed by atoms with Crippen LogP contribution in [0.1, 0.15) is 10.4 Å². The van der Waals surface area contributed by atoms with E-state index in [9.17, 15) is 4.79 Å². The van der Waals surface area contributed by atoms with E-state index in [0.29, 0.717) is 24.5 Å². The van der Waals surface area contributed by atoms with E-state index >= 15 is 0 Å². The number of carbonyl (C=O) groups is 1. The van der Waals surface area contributed by atoms with Gasteiger partial charge >= 0.3 is 0 Å². The Morgan fingerprint density at radius 3 is 2.62 bits per heavy atom. The molecule has 1 N–H and O–H groups in total. The summed E-state index contributed by atoms with van der Waals surface area (Å²) in [7, 11) is 1.76. The molecule has 1 aromatic heterocycles. The summed E-state index contributed by atoms with van der Waals surface area (Å²) in [6.07, 6.45) is 1.42. The van der Waals surface area contributed by atoms with Crippen molar-refractivity contribution in [2.75, 3.05) is 20.2 Å². The van der Waals surface area contributed by atoms with E-state index in [2.05, 4.69) is 15.2 Å². The van der Waals surface area contributed by atoms with Gasteiger partial charge in [0.05, 0.1) is 12.1 Å². The predicted octanol–water partition coefficient (Wildman–Crippen LogP) is 2.62. The monoisotopic (exact) mass is 322 g/mol. The summed E-state index contributed by atoms with van der Waals surface area (Å²) < 4.78 is 5.64. The van der Waals surface area contributed by atoms with Crippen molar-refractivity contribution in [1.82, 2.24) is 20.1 Å². The third-order valence-corrected chi connectivity index (χ3v) is 3.61. The maximum absolute atomic E-state index is 12.7. The lowest BCUT2D eigenvalue weighted by molar-refractivity contribution is 0.0774. The normalized spacial score (nSPS) is 10.4. The van der Waals surface area contributed by atoms with Crippen molar-refractivity contribution in [1.29, 1.82) is 0 Å². The number of nitrogens with one attached hydrogen (secondary N) is 1. The lowest BCUT2D eigenvalue weighted by Crippen LogP contribution is -2.31. The molecule has 0 aliphatic rings. The zero-order chi connectivity index (χ0) is 16.8. The van der Waals surface area contributed by atoms with Crippen LogP contribution in [0.3, 0.4) is 0 Å². The molecule has 1 amide bonds. The molecule has 0 radical (unpaired) electrons. The van der Waals surface area contributed by atoms with Gasteiger partial charge in [0.25, 0.3) is 5.91 Å². The molecule has 6 nitrogen and oxygen atoms in total. The van der Waals surface area contributed by atoms with Crippen LogP contribution in [0, 0.1) is 0 Å². The van der Waals surface area contributed by atoms with Crippen LogP contribution < -0.4 is 4.74 Å². The molecule has 0 bridgehead atoms. The quantitative estimate of drug-likeness (QED) is 0.757. The molecule has 3 rings (SSSR count). The fourth-order valence-corrected chi connectivity index (χ4v) is 2.34. The summed E-state index contributed by atoms with van der Waals surface area (Å²) in [4.78, 5) is 18.5. The van der Waals surface area contributed by atoms with E-state index in [4.69, 9.17) is 4.74 Å². The molecule has 0 fully saturated rings. The van der Waals surface area contributed by atoms with Crippen molar-refractivity contribution in [3.8, 4) is 17.1 Å². The number of carbonyl (C=O) groups excluding carboxylic acids is 1. The maximum atomic E-state index is 12.7. The number of hydrogen-bond acceptors (Lipinski definition) is 4. The second-order valence-corrected chi connectivity index (χ2v) is 5.27. The van der Waals surface area contributed by atoms with Crippen LogP contribution in [0.4, 0.5) is 0 Å². The van der Waals surface area contributed by atoms with E-state index in [1.54, 1.807) is 18.0 Å². The Morgan fingerprint density at radius 2 is 1.88 bits per heavy atom. The van der Waals surface area contributed by atoms with Gasteiger partial charge in [-0.25, -0.2) is 4.98 Å². The number of aromatic nitrogens is 3. The van der Waals surface area contributed by atoms with Crippen LogP contribution in [0.15, 0.2) is 60.9 Å². The predicted molar refractivity (Wildman–Crippen MR) is 90.7 cm³/mol. The lowest BCUT2D eigenvalue weighted by Gasteiger charge is -2.19. The minimum atomic E-state index is -0.0846. The zero-order valence-electron chi connectivity index (χ0n) is 13.3. The van der Waals surface area contributed by atoms with Crippen LogP contribution >= 0.6 is 0 Å². The van der Waals surface area contributed by atoms with E-state index in [1.165, 1.54) is 6.33 Å². The topological polar surface area (TPSA) is 71.1 Å². The van der Waals surface area contributed by atoms with E-state index in [-0.39, 0.29) is 5.91 Å². The van der Waals surface area contributed by atoms with Gasteiger partial charge in [-0.2, -0.15) is 5.10 Å². The van der Waals surface area contributed by atoms with Crippen molar-refractivity contribution in [3.63, 3.8) is 0 Å². The molecule has 0 unspecified atom stereocenters. The van der Waals surface area contributed by atoms with Gasteiger partial charge in [-0.05, 0) is 18.2 Å². The van der Waals surface area contributed by atoms with Crippen LogP contribution in [-0.4, -0.2) is 46.2 Å². The molecule has 0 saturated carbocycles. The van der Waals surface area contributed by atoms with Crippen LogP contribution in [-0.2, 0) is 0 Å². The first-order valence-corrected chi connectivity index (χ1v) is 7.64. The molecule has 2 aromatic carbocycles. The summed E-state index contributed by atoms with van der Waals surface area (Å²) in [6, 6.07) is 16.9. The minimum absolute atomic E-state index is 0.0846. The molecule has 0 aliphatic carbocycles. The summed E-state index contributed by atoms with van der Waals surface area (Å²) in [5.74, 6) is 1.28. The maximum Gasteiger partial charge on any atom is 0.254 e. The van der Waals surface area contributed by atoms with E-state index < -0.39 is 0 Å². The van der Waals surface area contributed by atoms with Gasteiger partial charge in [-0.15, -0.1) is 0 Å². The number of nitrogens with zero attached hydrogens (tertiary/aromatic N) is 3. The SMILES string of the molecule is CN(CCOc1ccccc1)C(=O)c1ccccc1-c1ncn[nH]1. The Kier molecular flexibility index (Phi) is 4.86. The fraction of sp³-hybridized carbons (Fsp3) is 0.167. The van der Waals surface area contributed by atoms with Crippen LogP contribution in [0.25, 0.3) is 11.4 Å². The van der Waals surface area contributed by atoms with Crippen LogP contribution in [0.2, 0.25) is 0 Å². The molecule has 0 atom stereocenters. The number of H-pyrrole nitrogens is 1. The van der Waals surface area contributed by atoms with Gasteiger partial charge in [0.2, 0.25) is 0 Å².